The average molecular weight is 845 g/mol. The first-order valence-electron chi connectivity index (χ1n) is 22.9. The van der Waals surface area contributed by atoms with Crippen molar-refractivity contribution in [3.63, 3.8) is 0 Å². The zero-order valence-electron chi connectivity index (χ0n) is 36.7. The molecule has 0 saturated heterocycles. The van der Waals surface area contributed by atoms with E-state index < -0.39 is 0 Å². The van der Waals surface area contributed by atoms with Crippen molar-refractivity contribution in [2.75, 3.05) is 0 Å². The van der Waals surface area contributed by atoms with Gasteiger partial charge in [0, 0.05) is 61.0 Å². The summed E-state index contributed by atoms with van der Waals surface area (Å²) in [5, 5.41) is 7.24. The molecule has 0 radical (unpaired) electrons. The molecule has 1 aliphatic carbocycles. The van der Waals surface area contributed by atoms with Gasteiger partial charge in [0.2, 0.25) is 0 Å². The molecule has 1 unspecified atom stereocenters. The van der Waals surface area contributed by atoms with Crippen molar-refractivity contribution in [2.45, 2.75) is 19.8 Å². The van der Waals surface area contributed by atoms with Crippen LogP contribution in [0.15, 0.2) is 212 Å². The third-order valence-corrected chi connectivity index (χ3v) is 14.1. The summed E-state index contributed by atoms with van der Waals surface area (Å²) >= 11 is 0. The SMILES string of the molecule is C#Cc1c(-c2c(C)c3ccccc3n2-c2cccc([C@H]3C=C(n4c5ccccc5c5ccc6c7ccccc7n(-c7ccccc7)c6c54)C=CC3C)c2)n(-c2ccccc2)c2ccccc12. The Hall–Kier alpha value is -8.52. The number of allylic oxidation sites excluding steroid dienone is 4. The summed E-state index contributed by atoms with van der Waals surface area (Å²) in [6.45, 7) is 4.59. The van der Waals surface area contributed by atoms with Crippen molar-refractivity contribution in [1.29, 1.82) is 0 Å². The molecular weight excluding hydrogens is 801 g/mol. The van der Waals surface area contributed by atoms with Gasteiger partial charge < -0.3 is 18.3 Å². The van der Waals surface area contributed by atoms with Crippen molar-refractivity contribution < 1.29 is 0 Å². The number of hydrogen-bond acceptors (Lipinski definition) is 0. The Labute approximate surface area is 383 Å². The van der Waals surface area contributed by atoms with Crippen molar-refractivity contribution in [2.24, 2.45) is 5.92 Å². The molecule has 0 N–H and O–H groups in total. The van der Waals surface area contributed by atoms with Crippen molar-refractivity contribution in [3.05, 3.63) is 229 Å². The monoisotopic (exact) mass is 844 g/mol. The Morgan fingerprint density at radius 1 is 0.439 bits per heavy atom. The maximum atomic E-state index is 6.54. The van der Waals surface area contributed by atoms with Crippen LogP contribution in [0.5, 0.6) is 0 Å². The Bertz CT molecular complexity index is 4030. The van der Waals surface area contributed by atoms with Gasteiger partial charge in [0.1, 0.15) is 0 Å². The lowest BCUT2D eigenvalue weighted by molar-refractivity contribution is 0.634. The Kier molecular flexibility index (Phi) is 8.50. The molecule has 66 heavy (non-hydrogen) atoms. The summed E-state index contributed by atoms with van der Waals surface area (Å²) < 4.78 is 9.79. The number of terminal acetylenes is 1. The second kappa shape index (κ2) is 14.8. The third kappa shape index (κ3) is 5.47. The first-order valence-corrected chi connectivity index (χ1v) is 22.9. The van der Waals surface area contributed by atoms with Gasteiger partial charge in [-0.3, -0.25) is 0 Å². The lowest BCUT2D eigenvalue weighted by atomic mass is 9.83. The van der Waals surface area contributed by atoms with Crippen LogP contribution in [0.2, 0.25) is 0 Å². The van der Waals surface area contributed by atoms with Crippen LogP contribution in [0.4, 0.5) is 0 Å². The highest BCUT2D eigenvalue weighted by Gasteiger charge is 2.28. The van der Waals surface area contributed by atoms with Crippen LogP contribution in [-0.4, -0.2) is 18.3 Å². The second-order valence-corrected chi connectivity index (χ2v) is 17.7. The Morgan fingerprint density at radius 2 is 0.924 bits per heavy atom. The minimum absolute atomic E-state index is 0.101. The highest BCUT2D eigenvalue weighted by Crippen LogP contribution is 2.46. The van der Waals surface area contributed by atoms with E-state index in [4.69, 9.17) is 6.42 Å². The van der Waals surface area contributed by atoms with Crippen LogP contribution in [0.25, 0.3) is 99.6 Å². The van der Waals surface area contributed by atoms with Crippen molar-refractivity contribution in [3.8, 4) is 40.8 Å². The van der Waals surface area contributed by atoms with Gasteiger partial charge in [-0.05, 0) is 90.7 Å². The van der Waals surface area contributed by atoms with E-state index in [9.17, 15) is 0 Å². The summed E-state index contributed by atoms with van der Waals surface area (Å²) in [7, 11) is 0. The number of aromatic nitrogens is 4. The molecule has 0 spiro atoms. The van der Waals surface area contributed by atoms with Gasteiger partial charge in [-0.15, -0.1) is 6.42 Å². The van der Waals surface area contributed by atoms with Crippen LogP contribution in [-0.2, 0) is 0 Å². The summed E-state index contributed by atoms with van der Waals surface area (Å²) in [6, 6.07) is 70.2. The summed E-state index contributed by atoms with van der Waals surface area (Å²) in [5.74, 6) is 3.52. The molecule has 8 aromatic carbocycles. The van der Waals surface area contributed by atoms with Gasteiger partial charge in [-0.25, -0.2) is 0 Å². The largest absolute Gasteiger partial charge is 0.307 e. The van der Waals surface area contributed by atoms with Gasteiger partial charge in [0.25, 0.3) is 0 Å². The van der Waals surface area contributed by atoms with E-state index in [2.05, 4.69) is 250 Å². The summed E-state index contributed by atoms with van der Waals surface area (Å²) in [4.78, 5) is 0. The molecule has 4 nitrogen and oxygen atoms in total. The third-order valence-electron chi connectivity index (χ3n) is 14.1. The number of nitrogens with zero attached hydrogens (tertiary/aromatic N) is 4. The number of aryl methyl sites for hydroxylation is 1. The summed E-state index contributed by atoms with van der Waals surface area (Å²) in [5.41, 5.74) is 17.0. The quantitative estimate of drug-likeness (QED) is 0.149. The lowest BCUT2D eigenvalue weighted by Crippen LogP contribution is -2.12. The number of fused-ring (bicyclic) bond motifs is 9. The molecule has 0 amide bonds. The van der Waals surface area contributed by atoms with Gasteiger partial charge in [-0.1, -0.05) is 158 Å². The number of benzene rings is 8. The zero-order valence-corrected chi connectivity index (χ0v) is 36.7. The first kappa shape index (κ1) is 38.0. The zero-order chi connectivity index (χ0) is 44.0. The Morgan fingerprint density at radius 3 is 1.56 bits per heavy atom. The van der Waals surface area contributed by atoms with E-state index in [-0.39, 0.29) is 11.8 Å². The smallest absolute Gasteiger partial charge is 0.0870 e. The molecule has 4 aromatic heterocycles. The first-order chi connectivity index (χ1) is 32.6. The average Bonchev–Trinajstić information content (AvgIpc) is 4.09. The molecule has 0 saturated carbocycles. The highest BCUT2D eigenvalue weighted by atomic mass is 15.1. The fraction of sp³-hybridized carbons (Fsp3) is 0.0645. The van der Waals surface area contributed by atoms with Crippen LogP contribution < -0.4 is 0 Å². The predicted molar refractivity (Wildman–Crippen MR) is 277 cm³/mol. The Balaban J connectivity index is 1.04. The van der Waals surface area contributed by atoms with Gasteiger partial charge in [0.05, 0.1) is 50.1 Å². The van der Waals surface area contributed by atoms with Gasteiger partial charge in [0.15, 0.2) is 0 Å². The minimum Gasteiger partial charge on any atom is -0.307 e. The molecule has 0 bridgehead atoms. The van der Waals surface area contributed by atoms with E-state index in [1.165, 1.54) is 65.8 Å². The second-order valence-electron chi connectivity index (χ2n) is 17.7. The molecule has 13 rings (SSSR count). The topological polar surface area (TPSA) is 19.7 Å². The number of hydrogen-bond donors (Lipinski definition) is 0. The van der Waals surface area contributed by atoms with E-state index in [1.807, 2.05) is 0 Å². The van der Waals surface area contributed by atoms with Crippen molar-refractivity contribution >= 4 is 71.1 Å². The van der Waals surface area contributed by atoms with Gasteiger partial charge in [-0.2, -0.15) is 0 Å². The predicted octanol–water partition coefficient (Wildman–Crippen LogP) is 15.6. The number of rotatable bonds is 6. The highest BCUT2D eigenvalue weighted by molar-refractivity contribution is 6.24. The van der Waals surface area contributed by atoms with E-state index in [0.29, 0.717) is 0 Å². The standard InChI is InChI=1S/C62H44N4/c1-4-47-49-27-12-16-31-56(49)63(43-21-7-5-8-22-43)60(47)59-41(3)48-26-11-15-30-55(48)65(59)45-25-19-20-42(38-45)54-39-46(35-34-40(54)2)66-58-33-18-14-29-51(58)53-37-36-52-50-28-13-17-32-57(50)64(61(52)62(53)66)44-23-9-6-10-24-44/h1,5-40,54H,2-3H3/t40?,54-/m0/s1. The maximum Gasteiger partial charge on any atom is 0.0870 e. The molecular formula is C62H44N4. The molecule has 312 valence electrons. The number of para-hydroxylation sites is 6. The molecule has 4 heteroatoms. The van der Waals surface area contributed by atoms with E-state index in [0.717, 1.165) is 50.4 Å². The normalized spacial score (nSPS) is 15.1. The fourth-order valence-electron chi connectivity index (χ4n) is 11.2. The van der Waals surface area contributed by atoms with Crippen LogP contribution in [0, 0.1) is 25.2 Å². The van der Waals surface area contributed by atoms with Crippen LogP contribution in [0.3, 0.4) is 0 Å². The van der Waals surface area contributed by atoms with E-state index in [1.54, 1.807) is 0 Å². The maximum absolute atomic E-state index is 6.54. The lowest BCUT2D eigenvalue weighted by Gasteiger charge is -2.26. The molecule has 2 atom stereocenters. The van der Waals surface area contributed by atoms with Crippen LogP contribution in [0.1, 0.15) is 29.5 Å². The fourth-order valence-corrected chi connectivity index (χ4v) is 11.2. The molecule has 12 aromatic rings. The molecule has 4 heterocycles. The minimum atomic E-state index is 0.101. The molecule has 0 aliphatic heterocycles. The van der Waals surface area contributed by atoms with Gasteiger partial charge >= 0.3 is 0 Å². The van der Waals surface area contributed by atoms with Crippen molar-refractivity contribution in [1.82, 2.24) is 18.3 Å². The molecule has 1 aliphatic rings. The van der Waals surface area contributed by atoms with E-state index >= 15 is 0 Å². The summed E-state index contributed by atoms with van der Waals surface area (Å²) in [6.07, 6.45) is 13.8. The van der Waals surface area contributed by atoms with Crippen LogP contribution >= 0.6 is 0 Å². The molecule has 0 fully saturated rings.